The third-order valence-corrected chi connectivity index (χ3v) is 4.92. The summed E-state index contributed by atoms with van der Waals surface area (Å²) < 4.78 is 5.27. The van der Waals surface area contributed by atoms with Crippen molar-refractivity contribution in [2.75, 3.05) is 23.9 Å². The first-order chi connectivity index (χ1) is 12.9. The Morgan fingerprint density at radius 2 is 1.89 bits per heavy atom. The minimum absolute atomic E-state index is 0.0930. The van der Waals surface area contributed by atoms with Gasteiger partial charge in [-0.2, -0.15) is 0 Å². The average Bonchev–Trinajstić information content (AvgIpc) is 2.98. The number of ether oxygens (including phenoxy) is 1. The molecule has 1 aliphatic rings. The van der Waals surface area contributed by atoms with Gasteiger partial charge in [0.15, 0.2) is 0 Å². The Hall–Kier alpha value is -3.02. The first kappa shape index (κ1) is 18.8. The van der Waals surface area contributed by atoms with Crippen LogP contribution in [0.5, 0.6) is 5.75 Å². The molecule has 0 aromatic heterocycles. The topological polar surface area (TPSA) is 70.7 Å². The van der Waals surface area contributed by atoms with Crippen LogP contribution >= 0.6 is 0 Å². The van der Waals surface area contributed by atoms with Gasteiger partial charge in [0.1, 0.15) is 11.8 Å². The second-order valence-electron chi connectivity index (χ2n) is 6.90. The summed E-state index contributed by atoms with van der Waals surface area (Å²) in [5.74, 6) is 0.481. The molecule has 1 saturated heterocycles. The second-order valence-corrected chi connectivity index (χ2v) is 6.90. The first-order valence-corrected chi connectivity index (χ1v) is 9.00. The Kier molecular flexibility index (Phi) is 5.35. The maximum Gasteiger partial charge on any atom is 0.319 e. The number of carbonyl (C=O) groups is 2. The SMILES string of the molecule is COc1ccc(C)cc1NC(=O)N[C@H]1CCN(c2ccc(C)c(C)c2)C1=O. The summed E-state index contributed by atoms with van der Waals surface area (Å²) in [6.07, 6.45) is 0.574. The van der Waals surface area contributed by atoms with Gasteiger partial charge in [0, 0.05) is 12.2 Å². The van der Waals surface area contributed by atoms with Crippen LogP contribution in [0.1, 0.15) is 23.1 Å². The van der Waals surface area contributed by atoms with Crippen LogP contribution in [-0.2, 0) is 4.79 Å². The average molecular weight is 367 g/mol. The summed E-state index contributed by atoms with van der Waals surface area (Å²) in [5, 5.41) is 5.55. The van der Waals surface area contributed by atoms with Gasteiger partial charge in [-0.3, -0.25) is 4.79 Å². The van der Waals surface area contributed by atoms with E-state index in [9.17, 15) is 9.59 Å². The molecule has 3 rings (SSSR count). The Balaban J connectivity index is 1.66. The highest BCUT2D eigenvalue weighted by atomic mass is 16.5. The van der Waals surface area contributed by atoms with Crippen molar-refractivity contribution in [2.24, 2.45) is 0 Å². The number of nitrogens with one attached hydrogen (secondary N) is 2. The first-order valence-electron chi connectivity index (χ1n) is 9.00. The van der Waals surface area contributed by atoms with E-state index in [1.165, 1.54) is 5.56 Å². The maximum absolute atomic E-state index is 12.7. The quantitative estimate of drug-likeness (QED) is 0.868. The molecule has 1 aliphatic heterocycles. The smallest absolute Gasteiger partial charge is 0.319 e. The van der Waals surface area contributed by atoms with Gasteiger partial charge in [-0.25, -0.2) is 4.79 Å². The molecular formula is C21H25N3O3. The number of aryl methyl sites for hydroxylation is 3. The molecule has 0 bridgehead atoms. The zero-order valence-corrected chi connectivity index (χ0v) is 16.1. The van der Waals surface area contributed by atoms with Gasteiger partial charge in [0.25, 0.3) is 0 Å². The monoisotopic (exact) mass is 367 g/mol. The van der Waals surface area contributed by atoms with Crippen molar-refractivity contribution in [3.05, 3.63) is 53.1 Å². The molecule has 1 atom stereocenters. The summed E-state index contributed by atoms with van der Waals surface area (Å²) in [4.78, 5) is 26.8. The molecule has 2 N–H and O–H groups in total. The minimum Gasteiger partial charge on any atom is -0.495 e. The number of hydrogen-bond acceptors (Lipinski definition) is 3. The Morgan fingerprint density at radius 1 is 1.11 bits per heavy atom. The summed E-state index contributed by atoms with van der Waals surface area (Å²) in [6.45, 7) is 6.58. The molecule has 6 nitrogen and oxygen atoms in total. The molecule has 27 heavy (non-hydrogen) atoms. The molecule has 1 heterocycles. The van der Waals surface area contributed by atoms with Crippen molar-refractivity contribution in [3.8, 4) is 5.75 Å². The number of carbonyl (C=O) groups excluding carboxylic acids is 2. The lowest BCUT2D eigenvalue weighted by molar-refractivity contribution is -0.118. The number of amides is 3. The highest BCUT2D eigenvalue weighted by molar-refractivity contribution is 6.02. The van der Waals surface area contributed by atoms with Crippen molar-refractivity contribution in [1.29, 1.82) is 0 Å². The molecule has 0 aliphatic carbocycles. The molecule has 2 aromatic carbocycles. The van der Waals surface area contributed by atoms with E-state index in [2.05, 4.69) is 10.6 Å². The Morgan fingerprint density at radius 3 is 2.59 bits per heavy atom. The van der Waals surface area contributed by atoms with Gasteiger partial charge in [0.2, 0.25) is 5.91 Å². The van der Waals surface area contributed by atoms with Crippen molar-refractivity contribution in [3.63, 3.8) is 0 Å². The summed E-state index contributed by atoms with van der Waals surface area (Å²) in [6, 6.07) is 10.5. The van der Waals surface area contributed by atoms with E-state index < -0.39 is 12.1 Å². The van der Waals surface area contributed by atoms with E-state index >= 15 is 0 Å². The molecule has 2 aromatic rings. The molecule has 0 radical (unpaired) electrons. The largest absolute Gasteiger partial charge is 0.495 e. The van der Waals surface area contributed by atoms with E-state index in [1.807, 2.05) is 51.1 Å². The van der Waals surface area contributed by atoms with Crippen LogP contribution < -0.4 is 20.3 Å². The number of anilines is 2. The predicted octanol–water partition coefficient (Wildman–Crippen LogP) is 3.55. The fourth-order valence-corrected chi connectivity index (χ4v) is 3.20. The van der Waals surface area contributed by atoms with Gasteiger partial charge in [0.05, 0.1) is 12.8 Å². The molecule has 0 unspecified atom stereocenters. The van der Waals surface area contributed by atoms with E-state index in [1.54, 1.807) is 18.1 Å². The number of urea groups is 1. The van der Waals surface area contributed by atoms with Gasteiger partial charge in [-0.15, -0.1) is 0 Å². The van der Waals surface area contributed by atoms with Crippen molar-refractivity contribution < 1.29 is 14.3 Å². The standard InChI is InChI=1S/C21H25N3O3/c1-13-5-8-19(27-4)18(11-13)23-21(26)22-17-9-10-24(20(17)25)16-7-6-14(2)15(3)12-16/h5-8,11-12,17H,9-10H2,1-4H3,(H2,22,23,26)/t17-/m0/s1. The van der Waals surface area contributed by atoms with E-state index in [0.717, 1.165) is 16.8 Å². The highest BCUT2D eigenvalue weighted by Gasteiger charge is 2.33. The van der Waals surface area contributed by atoms with Crippen LogP contribution in [0.15, 0.2) is 36.4 Å². The molecule has 1 fully saturated rings. The summed E-state index contributed by atoms with van der Waals surface area (Å²) in [7, 11) is 1.55. The number of methoxy groups -OCH3 is 1. The van der Waals surface area contributed by atoms with Crippen LogP contribution in [0.2, 0.25) is 0 Å². The molecule has 142 valence electrons. The fraction of sp³-hybridized carbons (Fsp3) is 0.333. The number of benzene rings is 2. The zero-order valence-electron chi connectivity index (χ0n) is 16.1. The maximum atomic E-state index is 12.7. The minimum atomic E-state index is -0.539. The van der Waals surface area contributed by atoms with E-state index in [0.29, 0.717) is 24.4 Å². The second kappa shape index (κ2) is 7.70. The van der Waals surface area contributed by atoms with Crippen LogP contribution in [-0.4, -0.2) is 31.6 Å². The number of hydrogen-bond donors (Lipinski definition) is 2. The molecular weight excluding hydrogens is 342 g/mol. The fourth-order valence-electron chi connectivity index (χ4n) is 3.20. The summed E-state index contributed by atoms with van der Waals surface area (Å²) in [5.41, 5.74) is 4.77. The van der Waals surface area contributed by atoms with Crippen LogP contribution in [0.25, 0.3) is 0 Å². The Bertz CT molecular complexity index is 879. The lowest BCUT2D eigenvalue weighted by Crippen LogP contribution is -2.43. The molecule has 3 amide bonds. The third kappa shape index (κ3) is 4.05. The molecule has 0 spiro atoms. The lowest BCUT2D eigenvalue weighted by Gasteiger charge is -2.19. The molecule has 0 saturated carbocycles. The van der Waals surface area contributed by atoms with Crippen molar-refractivity contribution in [2.45, 2.75) is 33.2 Å². The van der Waals surface area contributed by atoms with Crippen molar-refractivity contribution in [1.82, 2.24) is 5.32 Å². The predicted molar refractivity (Wildman–Crippen MR) is 107 cm³/mol. The normalized spacial score (nSPS) is 16.4. The zero-order chi connectivity index (χ0) is 19.6. The van der Waals surface area contributed by atoms with Crippen molar-refractivity contribution >= 4 is 23.3 Å². The molecule has 6 heteroatoms. The van der Waals surface area contributed by atoms with Crippen LogP contribution in [0, 0.1) is 20.8 Å². The van der Waals surface area contributed by atoms with Gasteiger partial charge < -0.3 is 20.3 Å². The number of nitrogens with zero attached hydrogens (tertiary/aromatic N) is 1. The van der Waals surface area contributed by atoms with Gasteiger partial charge in [-0.05, 0) is 68.1 Å². The third-order valence-electron chi connectivity index (χ3n) is 4.92. The lowest BCUT2D eigenvalue weighted by atomic mass is 10.1. The summed E-state index contributed by atoms with van der Waals surface area (Å²) >= 11 is 0. The van der Waals surface area contributed by atoms with Gasteiger partial charge in [-0.1, -0.05) is 12.1 Å². The van der Waals surface area contributed by atoms with Crippen LogP contribution in [0.4, 0.5) is 16.2 Å². The van der Waals surface area contributed by atoms with E-state index in [-0.39, 0.29) is 5.91 Å². The Labute approximate surface area is 159 Å². The number of rotatable bonds is 4. The van der Waals surface area contributed by atoms with Crippen LogP contribution in [0.3, 0.4) is 0 Å². The van der Waals surface area contributed by atoms with Gasteiger partial charge >= 0.3 is 6.03 Å². The highest BCUT2D eigenvalue weighted by Crippen LogP contribution is 2.26. The van der Waals surface area contributed by atoms with E-state index in [4.69, 9.17) is 4.74 Å².